The first-order valence-electron chi connectivity index (χ1n) is 8.53. The topological polar surface area (TPSA) is 118 Å². The monoisotopic (exact) mass is 489 g/mol. The Morgan fingerprint density at radius 1 is 0.967 bits per heavy atom. The fourth-order valence-electron chi connectivity index (χ4n) is 2.53. The number of nitrogens with one attached hydrogen (secondary N) is 2. The first-order valence-corrected chi connectivity index (χ1v) is 10.8. The van der Waals surface area contributed by atoms with Crippen LogP contribution in [0.25, 0.3) is 6.08 Å². The standard InChI is InChI=1S/C20H16BrN3O5S/c21-15-6-8-16(9-7-15)30(28,29)24-12-11-14(13-24)5-10-19(25)22-17-3-1-2-4-18(17)23-20(26)27/h1-13,23H,(H,22,25)(H,26,27)/b10-5+. The number of hydrogen-bond acceptors (Lipinski definition) is 4. The average molecular weight is 490 g/mol. The van der Waals surface area contributed by atoms with Gasteiger partial charge in [0.15, 0.2) is 0 Å². The number of carboxylic acid groups (broad SMARTS) is 1. The molecule has 8 nitrogen and oxygen atoms in total. The summed E-state index contributed by atoms with van der Waals surface area (Å²) in [7, 11) is -3.74. The second kappa shape index (κ2) is 8.97. The molecule has 0 radical (unpaired) electrons. The van der Waals surface area contributed by atoms with E-state index in [1.807, 2.05) is 0 Å². The number of rotatable bonds is 6. The van der Waals surface area contributed by atoms with Crippen LogP contribution in [0.2, 0.25) is 0 Å². The highest BCUT2D eigenvalue weighted by molar-refractivity contribution is 9.10. The highest BCUT2D eigenvalue weighted by atomic mass is 79.9. The molecule has 154 valence electrons. The van der Waals surface area contributed by atoms with Crippen LogP contribution in [0.1, 0.15) is 5.56 Å². The van der Waals surface area contributed by atoms with Gasteiger partial charge in [-0.25, -0.2) is 17.2 Å². The van der Waals surface area contributed by atoms with Gasteiger partial charge >= 0.3 is 6.09 Å². The number of halogens is 1. The van der Waals surface area contributed by atoms with Crippen molar-refractivity contribution in [3.8, 4) is 0 Å². The van der Waals surface area contributed by atoms with Crippen LogP contribution in [0.3, 0.4) is 0 Å². The van der Waals surface area contributed by atoms with Crippen molar-refractivity contribution in [1.82, 2.24) is 3.97 Å². The molecule has 1 heterocycles. The van der Waals surface area contributed by atoms with Crippen LogP contribution in [0.4, 0.5) is 16.2 Å². The summed E-state index contributed by atoms with van der Waals surface area (Å²) in [5.41, 5.74) is 1.03. The van der Waals surface area contributed by atoms with E-state index in [1.54, 1.807) is 36.4 Å². The first-order chi connectivity index (χ1) is 14.3. The number of carbonyl (C=O) groups excluding carboxylic acids is 1. The maximum Gasteiger partial charge on any atom is 0.409 e. The molecule has 0 unspecified atom stereocenters. The van der Waals surface area contributed by atoms with Crippen LogP contribution < -0.4 is 10.6 Å². The third-order valence-electron chi connectivity index (χ3n) is 3.93. The summed E-state index contributed by atoms with van der Waals surface area (Å²) in [4.78, 5) is 23.1. The Balaban J connectivity index is 1.72. The first kappa shape index (κ1) is 21.3. The molecule has 2 aromatic carbocycles. The number of hydrogen-bond donors (Lipinski definition) is 3. The lowest BCUT2D eigenvalue weighted by Crippen LogP contribution is -2.13. The van der Waals surface area contributed by atoms with Gasteiger partial charge in [0.1, 0.15) is 0 Å². The van der Waals surface area contributed by atoms with Gasteiger partial charge in [-0.05, 0) is 54.1 Å². The molecule has 0 aliphatic carbocycles. The van der Waals surface area contributed by atoms with E-state index < -0.39 is 22.0 Å². The van der Waals surface area contributed by atoms with E-state index in [9.17, 15) is 18.0 Å². The molecule has 3 rings (SSSR count). The van der Waals surface area contributed by atoms with Gasteiger partial charge in [-0.3, -0.25) is 10.1 Å². The molecule has 0 aliphatic heterocycles. The molecular formula is C20H16BrN3O5S. The van der Waals surface area contributed by atoms with Crippen molar-refractivity contribution >= 4 is 55.4 Å². The lowest BCUT2D eigenvalue weighted by Gasteiger charge is -2.08. The molecule has 0 saturated heterocycles. The lowest BCUT2D eigenvalue weighted by molar-refractivity contribution is -0.111. The molecule has 2 amide bonds. The van der Waals surface area contributed by atoms with E-state index in [4.69, 9.17) is 5.11 Å². The largest absolute Gasteiger partial charge is 0.465 e. The van der Waals surface area contributed by atoms with Crippen LogP contribution in [0, 0.1) is 0 Å². The van der Waals surface area contributed by atoms with Gasteiger partial charge in [-0.1, -0.05) is 28.1 Å². The fraction of sp³-hybridized carbons (Fsp3) is 0. The minimum absolute atomic E-state index is 0.136. The molecule has 1 aromatic heterocycles. The van der Waals surface area contributed by atoms with Crippen LogP contribution >= 0.6 is 15.9 Å². The fourth-order valence-corrected chi connectivity index (χ4v) is 4.00. The summed E-state index contributed by atoms with van der Waals surface area (Å²) in [5.74, 6) is -0.502. The van der Waals surface area contributed by atoms with Crippen LogP contribution in [0.15, 0.2) is 82.4 Å². The zero-order valence-electron chi connectivity index (χ0n) is 15.3. The quantitative estimate of drug-likeness (QED) is 0.447. The average Bonchev–Trinajstić information content (AvgIpc) is 3.18. The number of carbonyl (C=O) groups is 2. The summed E-state index contributed by atoms with van der Waals surface area (Å²) in [5, 5.41) is 13.6. The van der Waals surface area contributed by atoms with E-state index in [1.165, 1.54) is 42.7 Å². The SMILES string of the molecule is O=C(O)Nc1ccccc1NC(=O)/C=C/c1ccn(S(=O)(=O)c2ccc(Br)cc2)c1. The van der Waals surface area contributed by atoms with Crippen molar-refractivity contribution in [2.24, 2.45) is 0 Å². The van der Waals surface area contributed by atoms with Gasteiger partial charge in [-0.15, -0.1) is 0 Å². The van der Waals surface area contributed by atoms with Gasteiger partial charge in [0, 0.05) is 22.9 Å². The van der Waals surface area contributed by atoms with Crippen molar-refractivity contribution in [3.63, 3.8) is 0 Å². The minimum atomic E-state index is -3.74. The molecule has 3 aromatic rings. The lowest BCUT2D eigenvalue weighted by atomic mass is 10.2. The van der Waals surface area contributed by atoms with Gasteiger partial charge in [-0.2, -0.15) is 0 Å². The third kappa shape index (κ3) is 5.16. The molecule has 0 atom stereocenters. The zero-order chi connectivity index (χ0) is 21.7. The van der Waals surface area contributed by atoms with E-state index in [-0.39, 0.29) is 10.6 Å². The van der Waals surface area contributed by atoms with Gasteiger partial charge in [0.05, 0.1) is 16.3 Å². The molecule has 10 heteroatoms. The van der Waals surface area contributed by atoms with Crippen molar-refractivity contribution in [3.05, 3.63) is 83.1 Å². The molecule has 0 spiro atoms. The number of aromatic nitrogens is 1. The highest BCUT2D eigenvalue weighted by Gasteiger charge is 2.16. The normalized spacial score (nSPS) is 11.4. The summed E-state index contributed by atoms with van der Waals surface area (Å²) in [6.07, 6.45) is 4.21. The molecule has 0 bridgehead atoms. The van der Waals surface area contributed by atoms with Gasteiger partial charge < -0.3 is 10.4 Å². The Hall–Kier alpha value is -3.37. The van der Waals surface area contributed by atoms with Crippen molar-refractivity contribution in [2.75, 3.05) is 10.6 Å². The Bertz CT molecular complexity index is 1220. The number of anilines is 2. The predicted molar refractivity (Wildman–Crippen MR) is 117 cm³/mol. The third-order valence-corrected chi connectivity index (χ3v) is 6.11. The molecule has 0 saturated carbocycles. The number of amides is 2. The van der Waals surface area contributed by atoms with Crippen molar-refractivity contribution in [2.45, 2.75) is 4.90 Å². The van der Waals surface area contributed by atoms with Gasteiger partial charge in [0.2, 0.25) is 5.91 Å². The van der Waals surface area contributed by atoms with Crippen LogP contribution in [-0.2, 0) is 14.8 Å². The summed E-state index contributed by atoms with van der Waals surface area (Å²) >= 11 is 3.26. The number of nitrogens with zero attached hydrogens (tertiary/aromatic N) is 1. The van der Waals surface area contributed by atoms with Crippen LogP contribution in [0.5, 0.6) is 0 Å². The predicted octanol–water partition coefficient (Wildman–Crippen LogP) is 4.23. The highest BCUT2D eigenvalue weighted by Crippen LogP contribution is 2.21. The summed E-state index contributed by atoms with van der Waals surface area (Å²) in [6, 6.07) is 14.2. The minimum Gasteiger partial charge on any atom is -0.465 e. The molecule has 0 aliphatic rings. The van der Waals surface area contributed by atoms with Crippen molar-refractivity contribution in [1.29, 1.82) is 0 Å². The van der Waals surface area contributed by atoms with E-state index in [0.717, 1.165) is 8.45 Å². The Morgan fingerprint density at radius 2 is 1.60 bits per heavy atom. The van der Waals surface area contributed by atoms with Gasteiger partial charge in [0.25, 0.3) is 10.0 Å². The maximum atomic E-state index is 12.7. The smallest absolute Gasteiger partial charge is 0.409 e. The number of para-hydroxylation sites is 2. The maximum absolute atomic E-state index is 12.7. The van der Waals surface area contributed by atoms with Crippen molar-refractivity contribution < 1.29 is 23.1 Å². The van der Waals surface area contributed by atoms with E-state index in [2.05, 4.69) is 26.6 Å². The zero-order valence-corrected chi connectivity index (χ0v) is 17.7. The van der Waals surface area contributed by atoms with E-state index in [0.29, 0.717) is 11.3 Å². The van der Waals surface area contributed by atoms with Crippen LogP contribution in [-0.4, -0.2) is 29.5 Å². The number of benzene rings is 2. The Labute approximate surface area is 181 Å². The molecular weight excluding hydrogens is 474 g/mol. The molecule has 3 N–H and O–H groups in total. The second-order valence-electron chi connectivity index (χ2n) is 6.03. The second-order valence-corrected chi connectivity index (χ2v) is 8.79. The summed E-state index contributed by atoms with van der Waals surface area (Å²) < 4.78 is 27.1. The Morgan fingerprint density at radius 3 is 2.23 bits per heavy atom. The molecule has 30 heavy (non-hydrogen) atoms. The summed E-state index contributed by atoms with van der Waals surface area (Å²) in [6.45, 7) is 0. The molecule has 0 fully saturated rings. The van der Waals surface area contributed by atoms with E-state index >= 15 is 0 Å². The Kier molecular flexibility index (Phi) is 6.38.